The molecule has 6 nitrogen and oxygen atoms in total. The SMILES string of the molecule is O=[P+](O)O.S=C1CN=NN1. The summed E-state index contributed by atoms with van der Waals surface area (Å²) in [5.41, 5.74) is 2.51. The molecule has 0 unspecified atom stereocenters. The van der Waals surface area contributed by atoms with Crippen molar-refractivity contribution in [2.45, 2.75) is 0 Å². The molecule has 0 spiro atoms. The van der Waals surface area contributed by atoms with Crippen LogP contribution < -0.4 is 5.43 Å². The average Bonchev–Trinajstić information content (AvgIpc) is 2.15. The molecule has 8 heteroatoms. The van der Waals surface area contributed by atoms with Crippen molar-refractivity contribution in [3.05, 3.63) is 0 Å². The molecule has 0 amide bonds. The van der Waals surface area contributed by atoms with Gasteiger partial charge in [0.25, 0.3) is 0 Å². The second kappa shape index (κ2) is 5.31. The highest BCUT2D eigenvalue weighted by molar-refractivity contribution is 7.80. The second-order valence-corrected chi connectivity index (χ2v) is 2.19. The van der Waals surface area contributed by atoms with Crippen molar-refractivity contribution in [3.8, 4) is 0 Å². The molecule has 0 aliphatic carbocycles. The van der Waals surface area contributed by atoms with Crippen molar-refractivity contribution < 1.29 is 14.4 Å². The molecular formula is C2H5N3O3PS+. The molecule has 0 aromatic rings. The number of hydrogen-bond acceptors (Lipinski definition) is 4. The molecule has 0 saturated heterocycles. The summed E-state index contributed by atoms with van der Waals surface area (Å²) in [6, 6.07) is 0. The third-order valence-corrected chi connectivity index (χ3v) is 0.680. The van der Waals surface area contributed by atoms with Gasteiger partial charge in [0.2, 0.25) is 0 Å². The van der Waals surface area contributed by atoms with Crippen molar-refractivity contribution in [1.29, 1.82) is 0 Å². The average molecular weight is 182 g/mol. The fraction of sp³-hybridized carbons (Fsp3) is 0.500. The first-order chi connectivity index (χ1) is 4.63. The van der Waals surface area contributed by atoms with Crippen LogP contribution in [0.15, 0.2) is 10.3 Å². The zero-order valence-corrected chi connectivity index (χ0v) is 6.47. The van der Waals surface area contributed by atoms with Crippen LogP contribution in [0.4, 0.5) is 0 Å². The van der Waals surface area contributed by atoms with Gasteiger partial charge in [-0.05, 0) is 0 Å². The number of rotatable bonds is 0. The number of nitrogens with zero attached hydrogens (tertiary/aromatic N) is 2. The summed E-state index contributed by atoms with van der Waals surface area (Å²) >= 11 is 4.62. The fourth-order valence-corrected chi connectivity index (χ4v) is 0.325. The molecule has 1 rings (SSSR count). The van der Waals surface area contributed by atoms with Gasteiger partial charge in [-0.3, -0.25) is 5.43 Å². The van der Waals surface area contributed by atoms with E-state index in [1.165, 1.54) is 0 Å². The highest BCUT2D eigenvalue weighted by Crippen LogP contribution is 1.98. The van der Waals surface area contributed by atoms with Gasteiger partial charge in [0.15, 0.2) is 0 Å². The smallest absolute Gasteiger partial charge is 0.251 e. The van der Waals surface area contributed by atoms with E-state index < -0.39 is 8.25 Å². The fourth-order valence-electron chi connectivity index (χ4n) is 0.226. The van der Waals surface area contributed by atoms with Gasteiger partial charge in [-0.1, -0.05) is 17.4 Å². The van der Waals surface area contributed by atoms with Gasteiger partial charge in [-0.2, -0.15) is 5.11 Å². The maximum atomic E-state index is 8.70. The van der Waals surface area contributed by atoms with Gasteiger partial charge in [-0.15, -0.1) is 9.79 Å². The standard InChI is InChI=1S/C2H3N3S.HO3P/c6-2-1-3-5-4-2;1-4(2)3/h1H2,(H,3,4,6);(H-,1,2,3)/p+1. The molecule has 56 valence electrons. The van der Waals surface area contributed by atoms with Gasteiger partial charge >= 0.3 is 8.25 Å². The molecule has 0 radical (unpaired) electrons. The lowest BCUT2D eigenvalue weighted by atomic mass is 10.7. The Kier molecular flexibility index (Phi) is 5.05. The summed E-state index contributed by atoms with van der Waals surface area (Å²) in [7, 11) is -2.87. The van der Waals surface area contributed by atoms with Crippen LogP contribution in [-0.4, -0.2) is 21.3 Å². The molecular weight excluding hydrogens is 177 g/mol. The Morgan fingerprint density at radius 2 is 2.20 bits per heavy atom. The minimum atomic E-state index is -2.87. The van der Waals surface area contributed by atoms with Crippen molar-refractivity contribution in [3.63, 3.8) is 0 Å². The Balaban J connectivity index is 0.000000180. The van der Waals surface area contributed by atoms with Crippen molar-refractivity contribution in [2.75, 3.05) is 6.54 Å². The van der Waals surface area contributed by atoms with Gasteiger partial charge in [0, 0.05) is 4.57 Å². The second-order valence-electron chi connectivity index (χ2n) is 1.19. The highest BCUT2D eigenvalue weighted by atomic mass is 32.1. The van der Waals surface area contributed by atoms with Crippen LogP contribution in [0, 0.1) is 0 Å². The van der Waals surface area contributed by atoms with Gasteiger partial charge in [0.1, 0.15) is 11.5 Å². The molecule has 0 aromatic heterocycles. The van der Waals surface area contributed by atoms with Crippen LogP contribution in [0.5, 0.6) is 0 Å². The molecule has 1 heterocycles. The van der Waals surface area contributed by atoms with Crippen LogP contribution in [0.25, 0.3) is 0 Å². The van der Waals surface area contributed by atoms with E-state index in [1.54, 1.807) is 0 Å². The maximum absolute atomic E-state index is 8.70. The lowest BCUT2D eigenvalue weighted by Gasteiger charge is -1.78. The summed E-state index contributed by atoms with van der Waals surface area (Å²) < 4.78 is 8.70. The van der Waals surface area contributed by atoms with Crippen molar-refractivity contribution >= 4 is 25.5 Å². The molecule has 0 bridgehead atoms. The number of hydrogen-bond donors (Lipinski definition) is 3. The Bertz CT molecular complexity index is 157. The van der Waals surface area contributed by atoms with E-state index >= 15 is 0 Å². The normalized spacial score (nSPS) is 13.6. The van der Waals surface area contributed by atoms with Crippen LogP contribution in [0.2, 0.25) is 0 Å². The van der Waals surface area contributed by atoms with E-state index in [-0.39, 0.29) is 0 Å². The molecule has 0 fully saturated rings. The third-order valence-electron chi connectivity index (χ3n) is 0.460. The predicted molar refractivity (Wildman–Crippen MR) is 37.5 cm³/mol. The Hall–Kier alpha value is -0.490. The Morgan fingerprint density at radius 1 is 1.70 bits per heavy atom. The highest BCUT2D eigenvalue weighted by Gasteiger charge is 1.95. The summed E-state index contributed by atoms with van der Waals surface area (Å²) in [5, 5.41) is 6.94. The van der Waals surface area contributed by atoms with E-state index in [1.807, 2.05) is 0 Å². The summed E-state index contributed by atoms with van der Waals surface area (Å²) in [5.74, 6) is 0. The van der Waals surface area contributed by atoms with E-state index in [4.69, 9.17) is 14.4 Å². The van der Waals surface area contributed by atoms with E-state index in [0.717, 1.165) is 0 Å². The van der Waals surface area contributed by atoms with Crippen LogP contribution in [0.1, 0.15) is 0 Å². The van der Waals surface area contributed by atoms with Crippen molar-refractivity contribution in [2.24, 2.45) is 10.3 Å². The lowest BCUT2D eigenvalue weighted by molar-refractivity contribution is 0.405. The topological polar surface area (TPSA) is 94.3 Å². The quantitative estimate of drug-likeness (QED) is 0.359. The zero-order valence-electron chi connectivity index (χ0n) is 4.76. The molecule has 1 aliphatic rings. The maximum Gasteiger partial charge on any atom is 0.692 e. The van der Waals surface area contributed by atoms with Crippen molar-refractivity contribution in [1.82, 2.24) is 5.43 Å². The third kappa shape index (κ3) is 7.51. The van der Waals surface area contributed by atoms with E-state index in [9.17, 15) is 0 Å². The Labute approximate surface area is 62.9 Å². The number of nitrogens with one attached hydrogen (secondary N) is 1. The van der Waals surface area contributed by atoms with Gasteiger partial charge in [0.05, 0.1) is 0 Å². The Morgan fingerprint density at radius 3 is 2.30 bits per heavy atom. The monoisotopic (exact) mass is 182 g/mol. The zero-order chi connectivity index (χ0) is 7.98. The predicted octanol–water partition coefficient (Wildman–Crippen LogP) is -0.0874. The molecule has 0 aromatic carbocycles. The van der Waals surface area contributed by atoms with E-state index in [2.05, 4.69) is 28.0 Å². The van der Waals surface area contributed by atoms with E-state index in [0.29, 0.717) is 11.5 Å². The van der Waals surface area contributed by atoms with Gasteiger partial charge < -0.3 is 0 Å². The minimum Gasteiger partial charge on any atom is -0.251 e. The summed E-state index contributed by atoms with van der Waals surface area (Å²) in [6.45, 7) is 0.565. The van der Waals surface area contributed by atoms with Crippen LogP contribution in [0.3, 0.4) is 0 Å². The largest absolute Gasteiger partial charge is 0.692 e. The molecule has 0 atom stereocenters. The van der Waals surface area contributed by atoms with Crippen LogP contribution in [-0.2, 0) is 4.57 Å². The summed E-state index contributed by atoms with van der Waals surface area (Å²) in [6.07, 6.45) is 0. The van der Waals surface area contributed by atoms with Crippen LogP contribution >= 0.6 is 20.5 Å². The molecule has 3 N–H and O–H groups in total. The first-order valence-electron chi connectivity index (χ1n) is 2.13. The molecule has 1 aliphatic heterocycles. The minimum absolute atomic E-state index is 0.565. The molecule has 10 heavy (non-hydrogen) atoms. The lowest BCUT2D eigenvalue weighted by Crippen LogP contribution is -2.09. The summed E-state index contributed by atoms with van der Waals surface area (Å²) in [4.78, 5) is 14.9. The first-order valence-corrected chi connectivity index (χ1v) is 3.70. The van der Waals surface area contributed by atoms with Gasteiger partial charge in [-0.25, -0.2) is 0 Å². The molecule has 0 saturated carbocycles. The first kappa shape index (κ1) is 9.51. The number of thiocarbonyl (C=S) groups is 1.